The first-order valence-corrected chi connectivity index (χ1v) is 6.86. The summed E-state index contributed by atoms with van der Waals surface area (Å²) < 4.78 is 5.52. The quantitative estimate of drug-likeness (QED) is 0.770. The van der Waals surface area contributed by atoms with Crippen molar-refractivity contribution >= 4 is 11.6 Å². The van der Waals surface area contributed by atoms with E-state index < -0.39 is 0 Å². The van der Waals surface area contributed by atoms with E-state index in [4.69, 9.17) is 15.7 Å². The van der Waals surface area contributed by atoms with Crippen molar-refractivity contribution in [2.45, 2.75) is 31.7 Å². The van der Waals surface area contributed by atoms with Crippen molar-refractivity contribution in [3.8, 4) is 11.8 Å². The van der Waals surface area contributed by atoms with E-state index in [9.17, 15) is 4.79 Å². The molecule has 0 radical (unpaired) electrons. The molecule has 0 heterocycles. The van der Waals surface area contributed by atoms with Crippen LogP contribution in [0.4, 0.5) is 5.69 Å². The van der Waals surface area contributed by atoms with E-state index in [1.54, 1.807) is 17.0 Å². The van der Waals surface area contributed by atoms with Crippen LogP contribution in [0.15, 0.2) is 24.3 Å². The van der Waals surface area contributed by atoms with Gasteiger partial charge in [-0.05, 0) is 25.0 Å². The van der Waals surface area contributed by atoms with Crippen LogP contribution >= 0.6 is 0 Å². The maximum absolute atomic E-state index is 12.1. The number of nitrogens with two attached hydrogens (primary N) is 1. The number of ether oxygens (including phenoxy) is 1. The molecule has 1 aromatic carbocycles. The highest BCUT2D eigenvalue weighted by atomic mass is 16.5. The van der Waals surface area contributed by atoms with Crippen molar-refractivity contribution in [1.29, 1.82) is 5.26 Å². The van der Waals surface area contributed by atoms with Gasteiger partial charge in [0.2, 0.25) is 5.91 Å². The van der Waals surface area contributed by atoms with Crippen LogP contribution in [0.25, 0.3) is 0 Å². The highest BCUT2D eigenvalue weighted by Gasteiger charge is 2.31. The molecule has 0 aromatic heterocycles. The zero-order chi connectivity index (χ0) is 14.4. The fourth-order valence-electron chi connectivity index (χ4n) is 2.07. The molecule has 5 heteroatoms. The molecule has 0 bridgehead atoms. The van der Waals surface area contributed by atoms with Gasteiger partial charge in [0, 0.05) is 12.6 Å². The van der Waals surface area contributed by atoms with E-state index in [0.29, 0.717) is 43.5 Å². The average Bonchev–Trinajstić information content (AvgIpc) is 3.26. The number of para-hydroxylation sites is 2. The number of nitrogens with zero attached hydrogens (tertiary/aromatic N) is 2. The van der Waals surface area contributed by atoms with Crippen LogP contribution in [0.5, 0.6) is 5.75 Å². The van der Waals surface area contributed by atoms with Gasteiger partial charge in [-0.1, -0.05) is 12.1 Å². The number of nitriles is 1. The molecule has 2 N–H and O–H groups in total. The van der Waals surface area contributed by atoms with Gasteiger partial charge in [0.15, 0.2) is 0 Å². The standard InChI is InChI=1S/C15H19N3O2/c16-9-3-10-18(12-6-7-12)15(19)8-11-20-14-5-2-1-4-13(14)17/h1-2,4-5,12H,3,6-8,10-11,17H2. The molecule has 5 nitrogen and oxygen atoms in total. The van der Waals surface area contributed by atoms with Gasteiger partial charge in [0.05, 0.1) is 31.2 Å². The molecule has 0 spiro atoms. The molecule has 20 heavy (non-hydrogen) atoms. The second-order valence-electron chi connectivity index (χ2n) is 4.86. The molecule has 106 valence electrons. The number of anilines is 1. The summed E-state index contributed by atoms with van der Waals surface area (Å²) >= 11 is 0. The Bertz CT molecular complexity index is 506. The first-order valence-electron chi connectivity index (χ1n) is 6.86. The largest absolute Gasteiger partial charge is 0.491 e. The maximum Gasteiger partial charge on any atom is 0.226 e. The number of hydrogen-bond donors (Lipinski definition) is 1. The van der Waals surface area contributed by atoms with Crippen molar-refractivity contribution in [1.82, 2.24) is 4.90 Å². The number of benzene rings is 1. The van der Waals surface area contributed by atoms with Crippen molar-refractivity contribution in [2.75, 3.05) is 18.9 Å². The summed E-state index contributed by atoms with van der Waals surface area (Å²) in [6, 6.07) is 9.65. The molecule has 0 atom stereocenters. The molecule has 1 aromatic rings. The lowest BCUT2D eigenvalue weighted by atomic mass is 10.3. The lowest BCUT2D eigenvalue weighted by Gasteiger charge is -2.21. The van der Waals surface area contributed by atoms with Crippen LogP contribution in [-0.2, 0) is 4.79 Å². The summed E-state index contributed by atoms with van der Waals surface area (Å²) in [5.41, 5.74) is 6.34. The van der Waals surface area contributed by atoms with Crippen LogP contribution in [0.2, 0.25) is 0 Å². The number of rotatable bonds is 7. The second-order valence-corrected chi connectivity index (χ2v) is 4.86. The monoisotopic (exact) mass is 273 g/mol. The van der Waals surface area contributed by atoms with Crippen LogP contribution in [0, 0.1) is 11.3 Å². The molecule has 2 rings (SSSR count). The van der Waals surface area contributed by atoms with Crippen LogP contribution < -0.4 is 10.5 Å². The number of hydrogen-bond acceptors (Lipinski definition) is 4. The zero-order valence-corrected chi connectivity index (χ0v) is 11.4. The van der Waals surface area contributed by atoms with Crippen LogP contribution in [0.3, 0.4) is 0 Å². The molecular weight excluding hydrogens is 254 g/mol. The third-order valence-corrected chi connectivity index (χ3v) is 3.27. The van der Waals surface area contributed by atoms with E-state index in [1.807, 2.05) is 12.1 Å². The fourth-order valence-corrected chi connectivity index (χ4v) is 2.07. The van der Waals surface area contributed by atoms with E-state index in [1.165, 1.54) is 0 Å². The normalized spacial score (nSPS) is 13.6. The Balaban J connectivity index is 1.79. The molecule has 0 saturated heterocycles. The summed E-state index contributed by atoms with van der Waals surface area (Å²) in [4.78, 5) is 13.9. The van der Waals surface area contributed by atoms with Gasteiger partial charge in [0.1, 0.15) is 5.75 Å². The number of carbonyl (C=O) groups is 1. The Hall–Kier alpha value is -2.22. The summed E-state index contributed by atoms with van der Waals surface area (Å²) in [5, 5.41) is 8.63. The van der Waals surface area contributed by atoms with Gasteiger partial charge in [-0.3, -0.25) is 4.79 Å². The molecular formula is C15H19N3O2. The average molecular weight is 273 g/mol. The maximum atomic E-state index is 12.1. The third-order valence-electron chi connectivity index (χ3n) is 3.27. The van der Waals surface area contributed by atoms with Gasteiger partial charge < -0.3 is 15.4 Å². The Morgan fingerprint density at radius 2 is 2.20 bits per heavy atom. The highest BCUT2D eigenvalue weighted by Crippen LogP contribution is 2.27. The highest BCUT2D eigenvalue weighted by molar-refractivity contribution is 5.77. The van der Waals surface area contributed by atoms with Gasteiger partial charge >= 0.3 is 0 Å². The molecule has 1 aliphatic rings. The molecule has 1 aliphatic carbocycles. The Morgan fingerprint density at radius 3 is 2.85 bits per heavy atom. The van der Waals surface area contributed by atoms with Gasteiger partial charge in [-0.25, -0.2) is 0 Å². The van der Waals surface area contributed by atoms with Crippen LogP contribution in [-0.4, -0.2) is 30.0 Å². The topological polar surface area (TPSA) is 79.3 Å². The lowest BCUT2D eigenvalue weighted by Crippen LogP contribution is -2.34. The first-order chi connectivity index (χ1) is 9.72. The minimum Gasteiger partial charge on any atom is -0.491 e. The fraction of sp³-hybridized carbons (Fsp3) is 0.467. The zero-order valence-electron chi connectivity index (χ0n) is 11.4. The summed E-state index contributed by atoms with van der Waals surface area (Å²) in [5.74, 6) is 0.660. The molecule has 0 aliphatic heterocycles. The molecule has 0 unspecified atom stereocenters. The van der Waals surface area contributed by atoms with Crippen molar-refractivity contribution in [2.24, 2.45) is 0 Å². The summed E-state index contributed by atoms with van der Waals surface area (Å²) in [6.07, 6.45) is 2.79. The van der Waals surface area contributed by atoms with Gasteiger partial charge in [-0.15, -0.1) is 0 Å². The van der Waals surface area contributed by atoms with E-state index in [2.05, 4.69) is 6.07 Å². The summed E-state index contributed by atoms with van der Waals surface area (Å²) in [6.45, 7) is 0.830. The predicted molar refractivity (Wildman–Crippen MR) is 75.9 cm³/mol. The number of amides is 1. The van der Waals surface area contributed by atoms with E-state index in [0.717, 1.165) is 12.8 Å². The molecule has 1 saturated carbocycles. The Labute approximate surface area is 118 Å². The molecule has 1 amide bonds. The predicted octanol–water partition coefficient (Wildman–Crippen LogP) is 1.94. The minimum absolute atomic E-state index is 0.0530. The Morgan fingerprint density at radius 1 is 1.45 bits per heavy atom. The van der Waals surface area contributed by atoms with Crippen molar-refractivity contribution in [3.05, 3.63) is 24.3 Å². The second kappa shape index (κ2) is 6.80. The van der Waals surface area contributed by atoms with E-state index in [-0.39, 0.29) is 5.91 Å². The van der Waals surface area contributed by atoms with Gasteiger partial charge in [0.25, 0.3) is 0 Å². The third kappa shape index (κ3) is 3.89. The minimum atomic E-state index is 0.0530. The Kier molecular flexibility index (Phi) is 4.83. The van der Waals surface area contributed by atoms with Crippen molar-refractivity contribution < 1.29 is 9.53 Å². The summed E-state index contributed by atoms with van der Waals surface area (Å²) in [7, 11) is 0. The first kappa shape index (κ1) is 14.2. The van der Waals surface area contributed by atoms with E-state index >= 15 is 0 Å². The number of carbonyl (C=O) groups excluding carboxylic acids is 1. The van der Waals surface area contributed by atoms with Gasteiger partial charge in [-0.2, -0.15) is 5.26 Å². The van der Waals surface area contributed by atoms with Crippen molar-refractivity contribution in [3.63, 3.8) is 0 Å². The van der Waals surface area contributed by atoms with Crippen LogP contribution in [0.1, 0.15) is 25.7 Å². The molecule has 1 fully saturated rings. The smallest absolute Gasteiger partial charge is 0.226 e. The lowest BCUT2D eigenvalue weighted by molar-refractivity contribution is -0.132. The SMILES string of the molecule is N#CCCN(C(=O)CCOc1ccccc1N)C1CC1. The number of nitrogen functional groups attached to an aromatic ring is 1.